The van der Waals surface area contributed by atoms with Gasteiger partial charge < -0.3 is 9.84 Å². The van der Waals surface area contributed by atoms with Crippen molar-refractivity contribution in [3.05, 3.63) is 82.9 Å². The van der Waals surface area contributed by atoms with E-state index < -0.39 is 5.97 Å². The summed E-state index contributed by atoms with van der Waals surface area (Å²) >= 11 is 0. The van der Waals surface area contributed by atoms with Crippen LogP contribution in [0.25, 0.3) is 16.8 Å². The quantitative estimate of drug-likeness (QED) is 0.535. The second kappa shape index (κ2) is 7.23. The van der Waals surface area contributed by atoms with Crippen molar-refractivity contribution in [3.8, 4) is 5.75 Å². The first-order valence-electron chi connectivity index (χ1n) is 8.13. The Hall–Kier alpha value is -3.40. The van der Waals surface area contributed by atoms with Gasteiger partial charge in [0.15, 0.2) is 5.78 Å². The minimum atomic E-state index is -1.00. The summed E-state index contributed by atoms with van der Waals surface area (Å²) in [5, 5.41) is 10.7. The molecule has 4 heteroatoms. The van der Waals surface area contributed by atoms with Crippen molar-refractivity contribution in [2.45, 2.75) is 6.92 Å². The lowest BCUT2D eigenvalue weighted by Gasteiger charge is -2.09. The zero-order valence-electron chi connectivity index (χ0n) is 14.5. The monoisotopic (exact) mass is 346 g/mol. The third-order valence-electron chi connectivity index (χ3n) is 4.29. The Morgan fingerprint density at radius 1 is 0.962 bits per heavy atom. The summed E-state index contributed by atoms with van der Waals surface area (Å²) in [6, 6.07) is 15.9. The summed E-state index contributed by atoms with van der Waals surface area (Å²) in [5.41, 5.74) is 2.39. The number of aromatic carboxylic acids is 1. The van der Waals surface area contributed by atoms with Gasteiger partial charge in [-0.3, -0.25) is 4.79 Å². The molecule has 130 valence electrons. The summed E-state index contributed by atoms with van der Waals surface area (Å²) in [4.78, 5) is 24.2. The van der Waals surface area contributed by atoms with Crippen molar-refractivity contribution in [1.82, 2.24) is 0 Å². The maximum atomic E-state index is 12.7. The van der Waals surface area contributed by atoms with E-state index >= 15 is 0 Å². The minimum Gasteiger partial charge on any atom is -0.497 e. The van der Waals surface area contributed by atoms with Crippen molar-refractivity contribution in [2.24, 2.45) is 0 Å². The molecule has 0 saturated heterocycles. The molecule has 0 aliphatic rings. The Kier molecular flexibility index (Phi) is 4.85. The summed E-state index contributed by atoms with van der Waals surface area (Å²) < 4.78 is 5.11. The standard InChI is InChI=1S/C22H18O4/c1-14-4-3-5-18-17(11-12-19(21(14)18)22(24)25)20(23)13-8-15-6-9-16(26-2)10-7-15/h3-13H,1-2H3,(H,24,25)/b13-8+. The lowest BCUT2D eigenvalue weighted by Crippen LogP contribution is -2.03. The summed E-state index contributed by atoms with van der Waals surface area (Å²) in [6.07, 6.45) is 3.23. The van der Waals surface area contributed by atoms with Crippen LogP contribution in [0.3, 0.4) is 0 Å². The molecule has 3 aromatic carbocycles. The zero-order valence-corrected chi connectivity index (χ0v) is 14.5. The van der Waals surface area contributed by atoms with Crippen molar-refractivity contribution >= 4 is 28.6 Å². The van der Waals surface area contributed by atoms with Gasteiger partial charge in [0.2, 0.25) is 0 Å². The number of carboxylic acid groups (broad SMARTS) is 1. The maximum absolute atomic E-state index is 12.7. The first-order chi connectivity index (χ1) is 12.5. The highest BCUT2D eigenvalue weighted by Gasteiger charge is 2.15. The van der Waals surface area contributed by atoms with Gasteiger partial charge in [-0.2, -0.15) is 0 Å². The van der Waals surface area contributed by atoms with E-state index in [1.807, 2.05) is 43.3 Å². The van der Waals surface area contributed by atoms with Crippen molar-refractivity contribution in [2.75, 3.05) is 7.11 Å². The number of ketones is 1. The average molecular weight is 346 g/mol. The highest BCUT2D eigenvalue weighted by molar-refractivity contribution is 6.18. The lowest BCUT2D eigenvalue weighted by molar-refractivity contribution is 0.0698. The van der Waals surface area contributed by atoms with E-state index in [1.165, 1.54) is 12.1 Å². The molecule has 0 radical (unpaired) electrons. The Morgan fingerprint density at radius 3 is 2.31 bits per heavy atom. The van der Waals surface area contributed by atoms with Gasteiger partial charge in [-0.1, -0.05) is 36.4 Å². The predicted octanol–water partition coefficient (Wildman–Crippen LogP) is 4.75. The highest BCUT2D eigenvalue weighted by Crippen LogP contribution is 2.27. The fourth-order valence-corrected chi connectivity index (χ4v) is 2.96. The topological polar surface area (TPSA) is 63.6 Å². The van der Waals surface area contributed by atoms with Crippen LogP contribution in [0.5, 0.6) is 5.75 Å². The molecule has 0 unspecified atom stereocenters. The van der Waals surface area contributed by atoms with Crippen molar-refractivity contribution in [1.29, 1.82) is 0 Å². The van der Waals surface area contributed by atoms with Crippen molar-refractivity contribution in [3.63, 3.8) is 0 Å². The number of ether oxygens (including phenoxy) is 1. The number of fused-ring (bicyclic) bond motifs is 1. The molecule has 1 N–H and O–H groups in total. The third-order valence-corrected chi connectivity index (χ3v) is 4.29. The Balaban J connectivity index is 2.00. The van der Waals surface area contributed by atoms with Gasteiger partial charge in [0.05, 0.1) is 12.7 Å². The van der Waals surface area contributed by atoms with Gasteiger partial charge in [-0.05, 0) is 59.2 Å². The van der Waals surface area contributed by atoms with Gasteiger partial charge in [0, 0.05) is 5.56 Å². The number of hydrogen-bond acceptors (Lipinski definition) is 3. The van der Waals surface area contributed by atoms with E-state index in [0.29, 0.717) is 16.3 Å². The maximum Gasteiger partial charge on any atom is 0.336 e. The van der Waals surface area contributed by atoms with E-state index in [-0.39, 0.29) is 11.3 Å². The van der Waals surface area contributed by atoms with E-state index in [2.05, 4.69) is 0 Å². The fourth-order valence-electron chi connectivity index (χ4n) is 2.96. The zero-order chi connectivity index (χ0) is 18.7. The average Bonchev–Trinajstić information content (AvgIpc) is 2.65. The smallest absolute Gasteiger partial charge is 0.336 e. The lowest BCUT2D eigenvalue weighted by atomic mass is 9.94. The molecule has 0 fully saturated rings. The minimum absolute atomic E-state index is 0.173. The van der Waals surface area contributed by atoms with E-state index in [0.717, 1.165) is 16.9 Å². The second-order valence-corrected chi connectivity index (χ2v) is 5.93. The van der Waals surface area contributed by atoms with Crippen LogP contribution in [0, 0.1) is 6.92 Å². The molecule has 0 heterocycles. The molecule has 0 saturated carbocycles. The van der Waals surface area contributed by atoms with Crippen LogP contribution in [0.1, 0.15) is 31.8 Å². The van der Waals surface area contributed by atoms with Crippen LogP contribution >= 0.6 is 0 Å². The molecule has 3 rings (SSSR count). The molecule has 0 aromatic heterocycles. The summed E-state index contributed by atoms with van der Waals surface area (Å²) in [6.45, 7) is 1.84. The Morgan fingerprint density at radius 2 is 1.65 bits per heavy atom. The highest BCUT2D eigenvalue weighted by atomic mass is 16.5. The molecule has 0 aliphatic heterocycles. The molecule has 0 bridgehead atoms. The number of carbonyl (C=O) groups excluding carboxylic acids is 1. The molecule has 0 atom stereocenters. The SMILES string of the molecule is COc1ccc(/C=C/C(=O)c2ccc(C(=O)O)c3c(C)cccc23)cc1. The first kappa shape index (κ1) is 17.4. The van der Waals surface area contributed by atoms with Gasteiger partial charge in [-0.15, -0.1) is 0 Å². The predicted molar refractivity (Wildman–Crippen MR) is 102 cm³/mol. The van der Waals surface area contributed by atoms with Crippen LogP contribution in [0.4, 0.5) is 0 Å². The summed E-state index contributed by atoms with van der Waals surface area (Å²) in [5.74, 6) is -0.426. The largest absolute Gasteiger partial charge is 0.497 e. The summed E-state index contributed by atoms with van der Waals surface area (Å²) in [7, 11) is 1.60. The van der Waals surface area contributed by atoms with E-state index in [9.17, 15) is 14.7 Å². The van der Waals surface area contributed by atoms with Crippen LogP contribution in [0.15, 0.2) is 60.7 Å². The van der Waals surface area contributed by atoms with Crippen LogP contribution < -0.4 is 4.74 Å². The number of allylic oxidation sites excluding steroid dienone is 1. The molecular formula is C22H18O4. The number of hydrogen-bond donors (Lipinski definition) is 1. The molecule has 0 spiro atoms. The number of rotatable bonds is 5. The molecule has 0 amide bonds. The van der Waals surface area contributed by atoms with E-state index in [4.69, 9.17) is 4.74 Å². The van der Waals surface area contributed by atoms with Gasteiger partial charge >= 0.3 is 5.97 Å². The normalized spacial score (nSPS) is 11.0. The Bertz CT molecular complexity index is 1010. The molecular weight excluding hydrogens is 328 g/mol. The third kappa shape index (κ3) is 3.35. The van der Waals surface area contributed by atoms with Crippen LogP contribution in [-0.2, 0) is 0 Å². The first-order valence-corrected chi connectivity index (χ1v) is 8.13. The van der Waals surface area contributed by atoms with Crippen molar-refractivity contribution < 1.29 is 19.4 Å². The van der Waals surface area contributed by atoms with Crippen LogP contribution in [0.2, 0.25) is 0 Å². The van der Waals surface area contributed by atoms with E-state index in [1.54, 1.807) is 25.3 Å². The number of aryl methyl sites for hydroxylation is 1. The Labute approximate surface area is 151 Å². The number of benzene rings is 3. The second-order valence-electron chi connectivity index (χ2n) is 5.93. The molecule has 4 nitrogen and oxygen atoms in total. The van der Waals surface area contributed by atoms with Gasteiger partial charge in [0.25, 0.3) is 0 Å². The van der Waals surface area contributed by atoms with Gasteiger partial charge in [0.1, 0.15) is 5.75 Å². The molecule has 0 aliphatic carbocycles. The fraction of sp³-hybridized carbons (Fsp3) is 0.0909. The van der Waals surface area contributed by atoms with Gasteiger partial charge in [-0.25, -0.2) is 4.79 Å². The molecule has 3 aromatic rings. The number of carboxylic acids is 1. The molecule has 26 heavy (non-hydrogen) atoms. The number of methoxy groups -OCH3 is 1. The number of carbonyl (C=O) groups is 2. The van der Waals surface area contributed by atoms with Crippen LogP contribution in [-0.4, -0.2) is 24.0 Å².